The zero-order valence-corrected chi connectivity index (χ0v) is 32.0. The smallest absolute Gasteiger partial charge is 0.0998 e. The molecule has 12 rings (SSSR count). The Morgan fingerprint density at radius 2 is 0.831 bits per heavy atom. The summed E-state index contributed by atoms with van der Waals surface area (Å²) in [6, 6.07) is 77.0. The molecule has 0 unspecified atom stereocenters. The Bertz CT molecular complexity index is 3580. The molecular formula is C57H34N2. The predicted molar refractivity (Wildman–Crippen MR) is 248 cm³/mol. The van der Waals surface area contributed by atoms with Crippen molar-refractivity contribution < 1.29 is 0 Å². The second-order valence-corrected chi connectivity index (χ2v) is 15.5. The maximum absolute atomic E-state index is 10.0. The Morgan fingerprint density at radius 1 is 0.322 bits per heavy atom. The molecule has 0 bridgehead atoms. The highest BCUT2D eigenvalue weighted by atomic mass is 15.0. The SMILES string of the molecule is N#Cc1ccc2c3c1ccc1c(-c4ccc(-c5ccc(-c6c7ccccc7c(-c7cccc8ccccc78)c7ccccc67)cc5)cc4)ccc(c13)n2-c1ccccc1. The summed E-state index contributed by atoms with van der Waals surface area (Å²) in [6.07, 6.45) is 0. The van der Waals surface area contributed by atoms with E-state index < -0.39 is 0 Å². The van der Waals surface area contributed by atoms with E-state index in [-0.39, 0.29) is 0 Å². The predicted octanol–water partition coefficient (Wildman–Crippen LogP) is 15.4. The molecular weight excluding hydrogens is 713 g/mol. The Morgan fingerprint density at radius 3 is 1.49 bits per heavy atom. The second kappa shape index (κ2) is 13.0. The van der Waals surface area contributed by atoms with Gasteiger partial charge in [0, 0.05) is 21.8 Å². The molecule has 0 fully saturated rings. The first-order valence-electron chi connectivity index (χ1n) is 20.2. The van der Waals surface area contributed by atoms with Crippen molar-refractivity contribution in [3.63, 3.8) is 0 Å². The van der Waals surface area contributed by atoms with Crippen LogP contribution < -0.4 is 0 Å². The van der Waals surface area contributed by atoms with Crippen molar-refractivity contribution in [2.24, 2.45) is 0 Å². The first-order valence-corrected chi connectivity index (χ1v) is 20.2. The molecule has 0 saturated carbocycles. The summed E-state index contributed by atoms with van der Waals surface area (Å²) in [7, 11) is 0. The number of benzene rings is 11. The van der Waals surface area contributed by atoms with Gasteiger partial charge in [-0.25, -0.2) is 0 Å². The molecule has 0 aliphatic carbocycles. The quantitative estimate of drug-likeness (QED) is 0.127. The van der Waals surface area contributed by atoms with E-state index in [0.717, 1.165) is 33.1 Å². The van der Waals surface area contributed by atoms with Gasteiger partial charge in [-0.15, -0.1) is 0 Å². The molecule has 0 aliphatic heterocycles. The molecule has 1 aromatic heterocycles. The van der Waals surface area contributed by atoms with Gasteiger partial charge in [-0.1, -0.05) is 176 Å². The molecule has 0 N–H and O–H groups in total. The van der Waals surface area contributed by atoms with Gasteiger partial charge in [0.1, 0.15) is 0 Å². The van der Waals surface area contributed by atoms with Crippen molar-refractivity contribution in [2.45, 2.75) is 0 Å². The number of hydrogen-bond donors (Lipinski definition) is 0. The first-order chi connectivity index (χ1) is 29.2. The lowest BCUT2D eigenvalue weighted by Gasteiger charge is -2.19. The van der Waals surface area contributed by atoms with Crippen LogP contribution in [0.4, 0.5) is 0 Å². The van der Waals surface area contributed by atoms with Crippen molar-refractivity contribution in [3.05, 3.63) is 212 Å². The Balaban J connectivity index is 0.948. The number of rotatable bonds is 5. The average Bonchev–Trinajstić information content (AvgIpc) is 3.65. The van der Waals surface area contributed by atoms with Crippen LogP contribution in [0.1, 0.15) is 5.56 Å². The minimum absolute atomic E-state index is 0.701. The van der Waals surface area contributed by atoms with E-state index in [1.807, 2.05) is 12.1 Å². The van der Waals surface area contributed by atoms with E-state index in [2.05, 4.69) is 205 Å². The lowest BCUT2D eigenvalue weighted by Crippen LogP contribution is -1.93. The molecule has 0 radical (unpaired) electrons. The Labute approximate surface area is 341 Å². The van der Waals surface area contributed by atoms with E-state index in [1.54, 1.807) is 0 Å². The summed E-state index contributed by atoms with van der Waals surface area (Å²) < 4.78 is 2.33. The first kappa shape index (κ1) is 33.2. The van der Waals surface area contributed by atoms with Crippen LogP contribution in [0.2, 0.25) is 0 Å². The van der Waals surface area contributed by atoms with Crippen LogP contribution in [0.5, 0.6) is 0 Å². The number of para-hydroxylation sites is 1. The third-order valence-corrected chi connectivity index (χ3v) is 12.4. The van der Waals surface area contributed by atoms with E-state index >= 15 is 0 Å². The fraction of sp³-hybridized carbons (Fsp3) is 0. The van der Waals surface area contributed by atoms with Crippen molar-refractivity contribution in [1.82, 2.24) is 4.57 Å². The molecule has 2 heteroatoms. The van der Waals surface area contributed by atoms with Crippen LogP contribution in [-0.2, 0) is 0 Å². The van der Waals surface area contributed by atoms with E-state index in [9.17, 15) is 5.26 Å². The molecule has 59 heavy (non-hydrogen) atoms. The highest BCUT2D eigenvalue weighted by Gasteiger charge is 2.21. The Hall–Kier alpha value is -7.99. The molecule has 1 heterocycles. The third-order valence-electron chi connectivity index (χ3n) is 12.4. The summed E-state index contributed by atoms with van der Waals surface area (Å²) in [5.74, 6) is 0. The van der Waals surface area contributed by atoms with Gasteiger partial charge in [-0.2, -0.15) is 5.26 Å². The normalized spacial score (nSPS) is 11.7. The number of hydrogen-bond acceptors (Lipinski definition) is 1. The number of nitriles is 1. The minimum Gasteiger partial charge on any atom is -0.309 e. The fourth-order valence-corrected chi connectivity index (χ4v) is 9.81. The lowest BCUT2D eigenvalue weighted by molar-refractivity contribution is 1.18. The summed E-state index contributed by atoms with van der Waals surface area (Å²) in [5, 5.41) is 22.1. The Kier molecular flexibility index (Phi) is 7.33. The molecule has 0 saturated heterocycles. The van der Waals surface area contributed by atoms with Crippen molar-refractivity contribution >= 4 is 64.9 Å². The maximum atomic E-state index is 10.0. The standard InChI is InChI=1S/C57H34N2/c58-35-41-29-33-52-56-45(41)30-31-51-44(32-34-53(57(51)56)59(52)42-13-2-1-3-14-42)39-25-21-36(22-26-39)37-23-27-40(28-24-37)54-47-16-6-8-18-49(47)55(50-19-9-7-17-48(50)54)46-20-10-12-38-11-4-5-15-43(38)46/h1-34H. The zero-order chi connectivity index (χ0) is 39.0. The monoisotopic (exact) mass is 746 g/mol. The van der Waals surface area contributed by atoms with Crippen LogP contribution in [0, 0.1) is 11.3 Å². The molecule has 0 spiro atoms. The fourth-order valence-electron chi connectivity index (χ4n) is 9.81. The van der Waals surface area contributed by atoms with Gasteiger partial charge >= 0.3 is 0 Å². The van der Waals surface area contributed by atoms with Crippen LogP contribution in [-0.4, -0.2) is 4.57 Å². The second-order valence-electron chi connectivity index (χ2n) is 15.5. The largest absolute Gasteiger partial charge is 0.309 e. The topological polar surface area (TPSA) is 28.7 Å². The molecule has 0 amide bonds. The lowest BCUT2D eigenvalue weighted by atomic mass is 9.84. The summed E-state index contributed by atoms with van der Waals surface area (Å²) in [5.41, 5.74) is 13.8. The third kappa shape index (κ3) is 4.99. The van der Waals surface area contributed by atoms with Gasteiger partial charge in [0.15, 0.2) is 0 Å². The zero-order valence-electron chi connectivity index (χ0n) is 32.0. The van der Waals surface area contributed by atoms with Crippen LogP contribution in [0.3, 0.4) is 0 Å². The molecule has 0 aliphatic rings. The average molecular weight is 747 g/mol. The summed E-state index contributed by atoms with van der Waals surface area (Å²) in [6.45, 7) is 0. The van der Waals surface area contributed by atoms with Gasteiger partial charge < -0.3 is 4.57 Å². The van der Waals surface area contributed by atoms with Gasteiger partial charge in [0.2, 0.25) is 0 Å². The number of fused-ring (bicyclic) bond motifs is 3. The van der Waals surface area contributed by atoms with Crippen LogP contribution in [0.15, 0.2) is 206 Å². The van der Waals surface area contributed by atoms with Crippen molar-refractivity contribution in [2.75, 3.05) is 0 Å². The van der Waals surface area contributed by atoms with E-state index in [4.69, 9.17) is 0 Å². The van der Waals surface area contributed by atoms with Gasteiger partial charge in [0.25, 0.3) is 0 Å². The van der Waals surface area contributed by atoms with Crippen molar-refractivity contribution in [1.29, 1.82) is 5.26 Å². The number of nitrogens with zero attached hydrogens (tertiary/aromatic N) is 2. The van der Waals surface area contributed by atoms with Gasteiger partial charge in [-0.3, -0.25) is 0 Å². The molecule has 272 valence electrons. The molecule has 2 nitrogen and oxygen atoms in total. The molecule has 0 atom stereocenters. The summed E-state index contributed by atoms with van der Waals surface area (Å²) in [4.78, 5) is 0. The number of aromatic nitrogens is 1. The maximum Gasteiger partial charge on any atom is 0.0998 e. The van der Waals surface area contributed by atoms with Gasteiger partial charge in [0.05, 0.1) is 22.7 Å². The summed E-state index contributed by atoms with van der Waals surface area (Å²) >= 11 is 0. The molecule has 12 aromatic rings. The van der Waals surface area contributed by atoms with Crippen LogP contribution >= 0.6 is 0 Å². The highest BCUT2D eigenvalue weighted by Crippen LogP contribution is 2.46. The van der Waals surface area contributed by atoms with Gasteiger partial charge in [-0.05, 0) is 113 Å². The van der Waals surface area contributed by atoms with E-state index in [0.29, 0.717) is 5.56 Å². The van der Waals surface area contributed by atoms with Crippen molar-refractivity contribution in [3.8, 4) is 56.3 Å². The molecule has 11 aromatic carbocycles. The highest BCUT2D eigenvalue weighted by molar-refractivity contribution is 6.27. The van der Waals surface area contributed by atoms with E-state index in [1.165, 1.54) is 82.0 Å². The van der Waals surface area contributed by atoms with Crippen LogP contribution in [0.25, 0.3) is 115 Å². The minimum atomic E-state index is 0.701.